The third kappa shape index (κ3) is 6.42. The molecular formula is C11H17F5O5S. The topological polar surface area (TPSA) is 80.7 Å². The fraction of sp³-hybridized carbons (Fsp3) is 0.909. The summed E-state index contributed by atoms with van der Waals surface area (Å²) < 4.78 is 96.1. The summed E-state index contributed by atoms with van der Waals surface area (Å²) in [5.74, 6) is -1.32. The number of esters is 1. The van der Waals surface area contributed by atoms with E-state index in [-0.39, 0.29) is 6.42 Å². The van der Waals surface area contributed by atoms with E-state index >= 15 is 0 Å². The molecule has 0 fully saturated rings. The molecule has 0 amide bonds. The maximum absolute atomic E-state index is 13.1. The number of unbranched alkanes of at least 4 members (excludes halogenated alkanes) is 1. The minimum atomic E-state index is -6.40. The largest absolute Gasteiger partial charge is 0.445 e. The van der Waals surface area contributed by atoms with Gasteiger partial charge in [-0.15, -0.1) is 0 Å². The summed E-state index contributed by atoms with van der Waals surface area (Å²) in [7, 11) is -6.40. The lowest BCUT2D eigenvalue weighted by Gasteiger charge is -2.26. The van der Waals surface area contributed by atoms with Crippen LogP contribution in [-0.4, -0.2) is 36.5 Å². The second kappa shape index (κ2) is 7.53. The summed E-state index contributed by atoms with van der Waals surface area (Å²) in [6, 6.07) is 0. The highest BCUT2D eigenvalue weighted by Gasteiger charge is 2.65. The highest BCUT2D eigenvalue weighted by atomic mass is 32.2. The summed E-state index contributed by atoms with van der Waals surface area (Å²) in [5, 5.41) is -5.68. The smallest absolute Gasteiger partial charge is 0.432 e. The lowest BCUT2D eigenvalue weighted by Crippen LogP contribution is -2.52. The standard InChI is InChI=1S/C11H17F5O5S/c1-7(2)5-3-4-6-8(17)21-9(10(12,13)14)11(15,16)22(18,19)20/h7,9H,3-6H2,1-2H3,(H,18,19,20). The van der Waals surface area contributed by atoms with Crippen molar-refractivity contribution in [1.82, 2.24) is 0 Å². The Morgan fingerprint density at radius 1 is 1.14 bits per heavy atom. The SMILES string of the molecule is CC(C)CCCCC(=O)OC(C(F)(F)F)C(F)(F)S(=O)(=O)O. The number of hydrogen-bond acceptors (Lipinski definition) is 4. The van der Waals surface area contributed by atoms with Crippen molar-refractivity contribution in [1.29, 1.82) is 0 Å². The Labute approximate surface area is 124 Å². The Morgan fingerprint density at radius 2 is 1.64 bits per heavy atom. The van der Waals surface area contributed by atoms with Gasteiger partial charge in [-0.05, 0) is 12.3 Å². The molecule has 0 aliphatic rings. The first kappa shape index (κ1) is 21.0. The zero-order valence-corrected chi connectivity index (χ0v) is 12.7. The van der Waals surface area contributed by atoms with Crippen molar-refractivity contribution in [3.05, 3.63) is 0 Å². The number of ether oxygens (including phenoxy) is 1. The Hall–Kier alpha value is -0.970. The minimum Gasteiger partial charge on any atom is -0.445 e. The van der Waals surface area contributed by atoms with Gasteiger partial charge in [0.1, 0.15) is 0 Å². The van der Waals surface area contributed by atoms with E-state index in [9.17, 15) is 35.2 Å². The van der Waals surface area contributed by atoms with Crippen LogP contribution in [-0.2, 0) is 19.6 Å². The number of hydrogen-bond donors (Lipinski definition) is 1. The monoisotopic (exact) mass is 356 g/mol. The molecule has 5 nitrogen and oxygen atoms in total. The average Bonchev–Trinajstić information content (AvgIpc) is 2.28. The molecule has 0 aromatic carbocycles. The predicted molar refractivity (Wildman–Crippen MR) is 65.7 cm³/mol. The molecule has 11 heteroatoms. The molecule has 22 heavy (non-hydrogen) atoms. The van der Waals surface area contributed by atoms with Crippen molar-refractivity contribution in [3.63, 3.8) is 0 Å². The van der Waals surface area contributed by atoms with Crippen LogP contribution < -0.4 is 0 Å². The van der Waals surface area contributed by atoms with E-state index < -0.39 is 40.0 Å². The summed E-state index contributed by atoms with van der Waals surface area (Å²) in [6.07, 6.45) is -9.42. The fourth-order valence-corrected chi connectivity index (χ4v) is 1.93. The van der Waals surface area contributed by atoms with E-state index in [0.717, 1.165) is 0 Å². The number of halogens is 5. The maximum Gasteiger partial charge on any atom is 0.432 e. The van der Waals surface area contributed by atoms with Crippen LogP contribution in [0.25, 0.3) is 0 Å². The normalized spacial score (nSPS) is 15.0. The van der Waals surface area contributed by atoms with Crippen molar-refractivity contribution in [2.45, 2.75) is 57.1 Å². The van der Waals surface area contributed by atoms with Crippen LogP contribution in [0.4, 0.5) is 22.0 Å². The van der Waals surface area contributed by atoms with Gasteiger partial charge >= 0.3 is 27.5 Å². The van der Waals surface area contributed by atoms with Gasteiger partial charge in [-0.25, -0.2) is 0 Å². The highest BCUT2D eigenvalue weighted by Crippen LogP contribution is 2.38. The van der Waals surface area contributed by atoms with Crippen LogP contribution in [0, 0.1) is 5.92 Å². The van der Waals surface area contributed by atoms with Gasteiger partial charge in [0.05, 0.1) is 0 Å². The molecule has 1 atom stereocenters. The number of carbonyl (C=O) groups is 1. The number of rotatable bonds is 8. The second-order valence-electron chi connectivity index (χ2n) is 5.09. The Morgan fingerprint density at radius 3 is 2.00 bits per heavy atom. The molecule has 0 aromatic heterocycles. The number of alkyl halides is 5. The van der Waals surface area contributed by atoms with Gasteiger partial charge in [0.2, 0.25) is 0 Å². The lowest BCUT2D eigenvalue weighted by atomic mass is 10.1. The first-order chi connectivity index (χ1) is 9.69. The average molecular weight is 356 g/mol. The molecule has 0 radical (unpaired) electrons. The zero-order chi connectivity index (χ0) is 17.8. The summed E-state index contributed by atoms with van der Waals surface area (Å²) in [6.45, 7) is 3.76. The summed E-state index contributed by atoms with van der Waals surface area (Å²) in [5.41, 5.74) is 0. The molecule has 0 saturated heterocycles. The van der Waals surface area contributed by atoms with E-state index in [1.165, 1.54) is 0 Å². The van der Waals surface area contributed by atoms with Crippen LogP contribution in [0.2, 0.25) is 0 Å². The van der Waals surface area contributed by atoms with E-state index in [0.29, 0.717) is 18.8 Å². The van der Waals surface area contributed by atoms with Crippen LogP contribution in [0.3, 0.4) is 0 Å². The molecule has 132 valence electrons. The molecule has 1 unspecified atom stereocenters. The van der Waals surface area contributed by atoms with E-state index in [1.807, 2.05) is 13.8 Å². The maximum atomic E-state index is 13.1. The van der Waals surface area contributed by atoms with Gasteiger partial charge in [-0.1, -0.05) is 26.7 Å². The van der Waals surface area contributed by atoms with Gasteiger partial charge in [0.25, 0.3) is 6.10 Å². The molecular weight excluding hydrogens is 339 g/mol. The van der Waals surface area contributed by atoms with Crippen molar-refractivity contribution in [2.75, 3.05) is 0 Å². The molecule has 0 aromatic rings. The molecule has 0 heterocycles. The van der Waals surface area contributed by atoms with Gasteiger partial charge in [0, 0.05) is 6.42 Å². The predicted octanol–water partition coefficient (Wildman–Crippen LogP) is 3.16. The van der Waals surface area contributed by atoms with Gasteiger partial charge < -0.3 is 4.74 Å². The number of carbonyl (C=O) groups excluding carboxylic acids is 1. The summed E-state index contributed by atoms with van der Waals surface area (Å²) in [4.78, 5) is 11.2. The third-order valence-electron chi connectivity index (χ3n) is 2.61. The van der Waals surface area contributed by atoms with E-state index in [4.69, 9.17) is 4.55 Å². The summed E-state index contributed by atoms with van der Waals surface area (Å²) >= 11 is 0. The van der Waals surface area contributed by atoms with Gasteiger partial charge in [-0.3, -0.25) is 9.35 Å². The first-order valence-electron chi connectivity index (χ1n) is 6.30. The quantitative estimate of drug-likeness (QED) is 0.313. The van der Waals surface area contributed by atoms with Gasteiger partial charge in [0.15, 0.2) is 0 Å². The van der Waals surface area contributed by atoms with Crippen molar-refractivity contribution < 1.29 is 44.5 Å². The Bertz CT molecular complexity index is 472. The van der Waals surface area contributed by atoms with E-state index in [2.05, 4.69) is 4.74 Å². The zero-order valence-electron chi connectivity index (χ0n) is 11.9. The third-order valence-corrected chi connectivity index (χ3v) is 3.51. The molecule has 0 rings (SSSR count). The lowest BCUT2D eigenvalue weighted by molar-refractivity contribution is -0.259. The van der Waals surface area contributed by atoms with Crippen LogP contribution in [0.5, 0.6) is 0 Å². The molecule has 1 N–H and O–H groups in total. The van der Waals surface area contributed by atoms with E-state index in [1.54, 1.807) is 0 Å². The Kier molecular flexibility index (Phi) is 7.20. The minimum absolute atomic E-state index is 0.110. The van der Waals surface area contributed by atoms with Crippen LogP contribution in [0.15, 0.2) is 0 Å². The fourth-order valence-electron chi connectivity index (χ4n) is 1.47. The van der Waals surface area contributed by atoms with Crippen LogP contribution >= 0.6 is 0 Å². The molecule has 0 saturated carbocycles. The second-order valence-corrected chi connectivity index (χ2v) is 6.58. The molecule has 0 aliphatic heterocycles. The molecule has 0 spiro atoms. The molecule has 0 aliphatic carbocycles. The highest BCUT2D eigenvalue weighted by molar-refractivity contribution is 7.86. The van der Waals surface area contributed by atoms with Crippen molar-refractivity contribution in [3.8, 4) is 0 Å². The van der Waals surface area contributed by atoms with Crippen molar-refractivity contribution in [2.24, 2.45) is 5.92 Å². The first-order valence-corrected chi connectivity index (χ1v) is 7.74. The van der Waals surface area contributed by atoms with Gasteiger partial charge in [-0.2, -0.15) is 30.4 Å². The molecule has 0 bridgehead atoms. The Balaban J connectivity index is 4.87. The van der Waals surface area contributed by atoms with Crippen LogP contribution in [0.1, 0.15) is 39.5 Å². The van der Waals surface area contributed by atoms with Crippen molar-refractivity contribution >= 4 is 16.1 Å².